The molecule has 2 fully saturated rings. The van der Waals surface area contributed by atoms with E-state index in [1.807, 2.05) is 30.9 Å². The van der Waals surface area contributed by atoms with Gasteiger partial charge in [-0.3, -0.25) is 4.79 Å². The number of esters is 1. The fourth-order valence-electron chi connectivity index (χ4n) is 5.06. The van der Waals surface area contributed by atoms with Gasteiger partial charge in [-0.25, -0.2) is 4.79 Å². The number of hydrogen-bond donors (Lipinski definition) is 0. The summed E-state index contributed by atoms with van der Waals surface area (Å²) in [6.07, 6.45) is 9.40. The highest BCUT2D eigenvalue weighted by Crippen LogP contribution is 2.35. The van der Waals surface area contributed by atoms with Gasteiger partial charge in [-0.15, -0.1) is 0 Å². The minimum absolute atomic E-state index is 0.0752. The minimum Gasteiger partial charge on any atom is -0.451 e. The molecule has 1 saturated heterocycles. The zero-order valence-corrected chi connectivity index (χ0v) is 18.4. The molecule has 3 rings (SSSR count). The van der Waals surface area contributed by atoms with Crippen molar-refractivity contribution in [3.8, 4) is 6.07 Å². The minimum atomic E-state index is -0.733. The number of nitrogens with zero attached hydrogens (tertiary/aromatic N) is 3. The van der Waals surface area contributed by atoms with Gasteiger partial charge < -0.3 is 14.2 Å². The lowest BCUT2D eigenvalue weighted by atomic mass is 9.78. The van der Waals surface area contributed by atoms with Gasteiger partial charge in [0.1, 0.15) is 11.6 Å². The standard InChI is InChI=1S/C24H33N3O3/c1-4-11-26-17(2)13-20(18(26)3)14-21(15-25)24(29)30-16-23(28)27-12-7-9-19-8-5-6-10-22(19)27/h13-14,19,22H,4-12,16H2,1-3H3/b21-14+/t19-,22-/m0/s1. The number of rotatable bonds is 6. The van der Waals surface area contributed by atoms with Crippen LogP contribution in [-0.2, 0) is 20.9 Å². The molecule has 1 amide bonds. The lowest BCUT2D eigenvalue weighted by Gasteiger charge is -2.44. The normalized spacial score (nSPS) is 21.7. The van der Waals surface area contributed by atoms with Gasteiger partial charge in [0, 0.05) is 30.5 Å². The van der Waals surface area contributed by atoms with E-state index in [-0.39, 0.29) is 24.1 Å². The second-order valence-electron chi connectivity index (χ2n) is 8.57. The third-order valence-corrected chi connectivity index (χ3v) is 6.59. The van der Waals surface area contributed by atoms with Crippen LogP contribution in [0.2, 0.25) is 0 Å². The lowest BCUT2D eigenvalue weighted by Crippen LogP contribution is -2.50. The molecule has 2 atom stereocenters. The van der Waals surface area contributed by atoms with Crippen molar-refractivity contribution >= 4 is 18.0 Å². The zero-order chi connectivity index (χ0) is 21.7. The van der Waals surface area contributed by atoms with Crippen molar-refractivity contribution in [1.29, 1.82) is 5.26 Å². The molecule has 0 radical (unpaired) electrons. The van der Waals surface area contributed by atoms with Crippen LogP contribution in [0, 0.1) is 31.1 Å². The topological polar surface area (TPSA) is 75.3 Å². The second kappa shape index (κ2) is 9.97. The molecule has 1 aromatic heterocycles. The molecule has 2 aliphatic rings. The number of carbonyl (C=O) groups excluding carboxylic acids is 2. The largest absolute Gasteiger partial charge is 0.451 e. The molecule has 30 heavy (non-hydrogen) atoms. The van der Waals surface area contributed by atoms with E-state index in [1.165, 1.54) is 19.3 Å². The van der Waals surface area contributed by atoms with Gasteiger partial charge in [-0.2, -0.15) is 5.26 Å². The lowest BCUT2D eigenvalue weighted by molar-refractivity contribution is -0.152. The Bertz CT molecular complexity index is 860. The van der Waals surface area contributed by atoms with Crippen LogP contribution < -0.4 is 0 Å². The molecule has 1 aromatic rings. The smallest absolute Gasteiger partial charge is 0.349 e. The van der Waals surface area contributed by atoms with Crippen molar-refractivity contribution in [2.24, 2.45) is 5.92 Å². The Labute approximate surface area is 179 Å². The van der Waals surface area contributed by atoms with Crippen molar-refractivity contribution in [1.82, 2.24) is 9.47 Å². The highest BCUT2D eigenvalue weighted by Gasteiger charge is 2.35. The fraction of sp³-hybridized carbons (Fsp3) is 0.625. The molecule has 2 heterocycles. The first-order valence-corrected chi connectivity index (χ1v) is 11.2. The first-order valence-electron chi connectivity index (χ1n) is 11.2. The van der Waals surface area contributed by atoms with E-state index < -0.39 is 5.97 Å². The summed E-state index contributed by atoms with van der Waals surface area (Å²) in [6, 6.07) is 4.19. The van der Waals surface area contributed by atoms with E-state index in [2.05, 4.69) is 11.5 Å². The number of likely N-dealkylation sites (tertiary alicyclic amines) is 1. The van der Waals surface area contributed by atoms with Crippen LogP contribution in [0.1, 0.15) is 68.8 Å². The van der Waals surface area contributed by atoms with E-state index in [0.717, 1.165) is 55.7 Å². The van der Waals surface area contributed by atoms with E-state index in [9.17, 15) is 14.9 Å². The Morgan fingerprint density at radius 3 is 2.70 bits per heavy atom. The molecule has 0 unspecified atom stereocenters. The first-order chi connectivity index (χ1) is 14.5. The summed E-state index contributed by atoms with van der Waals surface area (Å²) in [6.45, 7) is 7.44. The van der Waals surface area contributed by atoms with Crippen molar-refractivity contribution in [3.05, 3.63) is 28.6 Å². The van der Waals surface area contributed by atoms with Crippen LogP contribution in [0.3, 0.4) is 0 Å². The van der Waals surface area contributed by atoms with Gasteiger partial charge in [0.25, 0.3) is 5.91 Å². The molecule has 1 aliphatic heterocycles. The summed E-state index contributed by atoms with van der Waals surface area (Å²) >= 11 is 0. The quantitative estimate of drug-likeness (QED) is 0.400. The number of amides is 1. The van der Waals surface area contributed by atoms with Gasteiger partial charge >= 0.3 is 5.97 Å². The Hall–Kier alpha value is -2.55. The van der Waals surface area contributed by atoms with E-state index >= 15 is 0 Å². The molecular formula is C24H33N3O3. The van der Waals surface area contributed by atoms with Crippen LogP contribution in [0.4, 0.5) is 0 Å². The molecule has 0 bridgehead atoms. The molecule has 1 aliphatic carbocycles. The van der Waals surface area contributed by atoms with Gasteiger partial charge in [0.2, 0.25) is 0 Å². The van der Waals surface area contributed by atoms with Crippen LogP contribution >= 0.6 is 0 Å². The number of nitriles is 1. The summed E-state index contributed by atoms with van der Waals surface area (Å²) in [4.78, 5) is 27.1. The maximum atomic E-state index is 12.7. The Kier molecular flexibility index (Phi) is 7.36. The molecule has 6 nitrogen and oxygen atoms in total. The maximum Gasteiger partial charge on any atom is 0.349 e. The highest BCUT2D eigenvalue weighted by molar-refractivity contribution is 5.99. The Balaban J connectivity index is 1.64. The molecule has 0 N–H and O–H groups in total. The van der Waals surface area contributed by atoms with Gasteiger partial charge in [-0.1, -0.05) is 19.8 Å². The summed E-state index contributed by atoms with van der Waals surface area (Å²) < 4.78 is 7.43. The molecular weight excluding hydrogens is 378 g/mol. The monoisotopic (exact) mass is 411 g/mol. The number of aromatic nitrogens is 1. The average Bonchev–Trinajstić information content (AvgIpc) is 3.02. The van der Waals surface area contributed by atoms with Crippen LogP contribution in [0.5, 0.6) is 0 Å². The predicted molar refractivity (Wildman–Crippen MR) is 115 cm³/mol. The predicted octanol–water partition coefficient (Wildman–Crippen LogP) is 4.15. The molecule has 6 heteroatoms. The zero-order valence-electron chi connectivity index (χ0n) is 18.4. The third kappa shape index (κ3) is 4.77. The SMILES string of the molecule is CCCn1c(C)cc(/C=C(\C#N)C(=O)OCC(=O)N2CCC[C@@H]3CCCC[C@@H]32)c1C. The van der Waals surface area contributed by atoms with Crippen LogP contribution in [0.25, 0.3) is 6.08 Å². The summed E-state index contributed by atoms with van der Waals surface area (Å²) in [7, 11) is 0. The second-order valence-corrected chi connectivity index (χ2v) is 8.57. The van der Waals surface area contributed by atoms with Gasteiger partial charge in [0.05, 0.1) is 0 Å². The highest BCUT2D eigenvalue weighted by atomic mass is 16.5. The number of hydrogen-bond acceptors (Lipinski definition) is 4. The van der Waals surface area contributed by atoms with Crippen molar-refractivity contribution in [3.63, 3.8) is 0 Å². The molecule has 162 valence electrons. The number of ether oxygens (including phenoxy) is 1. The third-order valence-electron chi connectivity index (χ3n) is 6.59. The summed E-state index contributed by atoms with van der Waals surface area (Å²) in [5, 5.41) is 9.48. The number of carbonyl (C=O) groups is 2. The van der Waals surface area contributed by atoms with Gasteiger partial charge in [-0.05, 0) is 69.6 Å². The maximum absolute atomic E-state index is 12.7. The number of piperidine rings is 1. The molecule has 1 saturated carbocycles. The van der Waals surface area contributed by atoms with Gasteiger partial charge in [0.15, 0.2) is 6.61 Å². The Morgan fingerprint density at radius 2 is 1.97 bits per heavy atom. The van der Waals surface area contributed by atoms with Crippen LogP contribution in [0.15, 0.2) is 11.6 Å². The van der Waals surface area contributed by atoms with E-state index in [0.29, 0.717) is 5.92 Å². The number of fused-ring (bicyclic) bond motifs is 1. The van der Waals surface area contributed by atoms with E-state index in [4.69, 9.17) is 4.74 Å². The van der Waals surface area contributed by atoms with Crippen molar-refractivity contribution in [2.75, 3.05) is 13.2 Å². The van der Waals surface area contributed by atoms with Crippen molar-refractivity contribution in [2.45, 2.75) is 78.3 Å². The summed E-state index contributed by atoms with van der Waals surface area (Å²) in [5.41, 5.74) is 2.87. The fourth-order valence-corrected chi connectivity index (χ4v) is 5.06. The summed E-state index contributed by atoms with van der Waals surface area (Å²) in [5.74, 6) is -0.290. The Morgan fingerprint density at radius 1 is 1.23 bits per heavy atom. The molecule has 0 spiro atoms. The van der Waals surface area contributed by atoms with E-state index in [1.54, 1.807) is 6.08 Å². The first kappa shape index (κ1) is 22.1. The van der Waals surface area contributed by atoms with Crippen LogP contribution in [-0.4, -0.2) is 40.5 Å². The average molecular weight is 412 g/mol. The van der Waals surface area contributed by atoms with Crippen molar-refractivity contribution < 1.29 is 14.3 Å². The molecule has 0 aromatic carbocycles. The number of aryl methyl sites for hydroxylation is 1.